The molecule has 4 aromatic rings. The van der Waals surface area contributed by atoms with Crippen LogP contribution in [0.1, 0.15) is 36.7 Å². The minimum atomic E-state index is -0.453. The van der Waals surface area contributed by atoms with E-state index in [4.69, 9.17) is 4.74 Å². The molecule has 0 saturated carbocycles. The van der Waals surface area contributed by atoms with E-state index in [1.807, 2.05) is 41.8 Å². The summed E-state index contributed by atoms with van der Waals surface area (Å²) in [6.45, 7) is 6.44. The number of ether oxygens (including phenoxy) is 1. The summed E-state index contributed by atoms with van der Waals surface area (Å²) < 4.78 is 7.47. The Kier molecular flexibility index (Phi) is 4.35. The van der Waals surface area contributed by atoms with Crippen LogP contribution in [0.15, 0.2) is 58.8 Å². The molecule has 142 valence electrons. The SMILES string of the molecule is COC(=O)c1cc(-c2ccc(C(C)(C)C)cc2)c(=O)n2ccc3ccsc3c12. The Morgan fingerprint density at radius 2 is 1.79 bits per heavy atom. The maximum Gasteiger partial charge on any atom is 0.340 e. The molecule has 3 aromatic heterocycles. The van der Waals surface area contributed by atoms with Crippen LogP contribution in [-0.2, 0) is 10.2 Å². The second-order valence-corrected chi connectivity index (χ2v) is 8.75. The summed E-state index contributed by atoms with van der Waals surface area (Å²) in [5, 5.41) is 2.95. The number of nitrogens with zero attached hydrogens (tertiary/aromatic N) is 1. The standard InChI is InChI=1S/C23H21NO3S/c1-23(2,3)16-7-5-14(6-8-16)17-13-18(22(26)27-4)19-20-15(10-12-28-20)9-11-24(19)21(17)25/h5-13H,1-4H3. The van der Waals surface area contributed by atoms with Crippen molar-refractivity contribution in [3.63, 3.8) is 0 Å². The minimum Gasteiger partial charge on any atom is -0.465 e. The van der Waals surface area contributed by atoms with E-state index in [-0.39, 0.29) is 11.0 Å². The lowest BCUT2D eigenvalue weighted by molar-refractivity contribution is 0.0602. The Hall–Kier alpha value is -2.92. The summed E-state index contributed by atoms with van der Waals surface area (Å²) >= 11 is 1.51. The van der Waals surface area contributed by atoms with Crippen molar-refractivity contribution in [1.29, 1.82) is 0 Å². The Morgan fingerprint density at radius 3 is 2.43 bits per heavy atom. The summed E-state index contributed by atoms with van der Waals surface area (Å²) in [7, 11) is 1.36. The first-order chi connectivity index (χ1) is 13.3. The number of hydrogen-bond acceptors (Lipinski definition) is 4. The first-order valence-corrected chi connectivity index (χ1v) is 9.94. The van der Waals surface area contributed by atoms with Crippen LogP contribution in [0.3, 0.4) is 0 Å². The number of benzene rings is 1. The minimum absolute atomic E-state index is 0.0267. The van der Waals surface area contributed by atoms with Crippen molar-refractivity contribution >= 4 is 32.9 Å². The summed E-state index contributed by atoms with van der Waals surface area (Å²) in [5.74, 6) is -0.453. The van der Waals surface area contributed by atoms with E-state index in [9.17, 15) is 9.59 Å². The van der Waals surface area contributed by atoms with Gasteiger partial charge in [-0.05, 0) is 45.5 Å². The highest BCUT2D eigenvalue weighted by Gasteiger charge is 2.20. The van der Waals surface area contributed by atoms with Gasteiger partial charge in [-0.15, -0.1) is 11.3 Å². The van der Waals surface area contributed by atoms with Crippen LogP contribution in [0.5, 0.6) is 0 Å². The van der Waals surface area contributed by atoms with Crippen molar-refractivity contribution in [2.24, 2.45) is 0 Å². The molecule has 5 heteroatoms. The molecule has 4 nitrogen and oxygen atoms in total. The number of methoxy groups -OCH3 is 1. The Morgan fingerprint density at radius 1 is 1.07 bits per heavy atom. The number of thiophene rings is 1. The van der Waals surface area contributed by atoms with Crippen LogP contribution in [0, 0.1) is 0 Å². The van der Waals surface area contributed by atoms with Gasteiger partial charge in [-0.2, -0.15) is 0 Å². The molecule has 0 N–H and O–H groups in total. The fourth-order valence-electron chi connectivity index (χ4n) is 3.43. The van der Waals surface area contributed by atoms with Gasteiger partial charge < -0.3 is 4.74 Å². The molecule has 0 spiro atoms. The van der Waals surface area contributed by atoms with E-state index in [2.05, 4.69) is 20.8 Å². The third kappa shape index (κ3) is 2.92. The maximum atomic E-state index is 13.3. The van der Waals surface area contributed by atoms with Crippen LogP contribution in [0.2, 0.25) is 0 Å². The van der Waals surface area contributed by atoms with Crippen molar-refractivity contribution in [3.05, 3.63) is 75.5 Å². The number of hydrogen-bond donors (Lipinski definition) is 0. The largest absolute Gasteiger partial charge is 0.465 e. The van der Waals surface area contributed by atoms with Crippen molar-refractivity contribution in [2.45, 2.75) is 26.2 Å². The van der Waals surface area contributed by atoms with Gasteiger partial charge in [0.15, 0.2) is 0 Å². The highest BCUT2D eigenvalue weighted by molar-refractivity contribution is 7.18. The molecular formula is C23H21NO3S. The van der Waals surface area contributed by atoms with Gasteiger partial charge in [-0.1, -0.05) is 45.0 Å². The zero-order chi connectivity index (χ0) is 20.1. The van der Waals surface area contributed by atoms with Gasteiger partial charge >= 0.3 is 5.97 Å². The summed E-state index contributed by atoms with van der Waals surface area (Å²) in [6, 6.07) is 13.5. The van der Waals surface area contributed by atoms with Crippen molar-refractivity contribution in [3.8, 4) is 11.1 Å². The van der Waals surface area contributed by atoms with E-state index in [1.54, 1.807) is 16.7 Å². The van der Waals surface area contributed by atoms with Crippen molar-refractivity contribution < 1.29 is 9.53 Å². The number of aromatic nitrogens is 1. The fourth-order valence-corrected chi connectivity index (χ4v) is 4.37. The molecular weight excluding hydrogens is 370 g/mol. The number of fused-ring (bicyclic) bond motifs is 3. The quantitative estimate of drug-likeness (QED) is 0.438. The highest BCUT2D eigenvalue weighted by Crippen LogP contribution is 2.30. The average Bonchev–Trinajstić information content (AvgIpc) is 3.16. The number of esters is 1. The molecule has 0 aliphatic heterocycles. The van der Waals surface area contributed by atoms with Gasteiger partial charge in [0.25, 0.3) is 5.56 Å². The first kappa shape index (κ1) is 18.4. The topological polar surface area (TPSA) is 47.8 Å². The average molecular weight is 391 g/mol. The summed E-state index contributed by atoms with van der Waals surface area (Å²) in [6.07, 6.45) is 1.73. The van der Waals surface area contributed by atoms with Gasteiger partial charge in [-0.3, -0.25) is 9.20 Å². The molecule has 0 amide bonds. The molecule has 28 heavy (non-hydrogen) atoms. The Balaban J connectivity index is 2.02. The van der Waals surface area contributed by atoms with E-state index in [1.165, 1.54) is 24.0 Å². The predicted molar refractivity (Wildman–Crippen MR) is 115 cm³/mol. The lowest BCUT2D eigenvalue weighted by atomic mass is 9.86. The third-order valence-electron chi connectivity index (χ3n) is 5.02. The van der Waals surface area contributed by atoms with Crippen LogP contribution < -0.4 is 5.56 Å². The lowest BCUT2D eigenvalue weighted by Gasteiger charge is -2.19. The van der Waals surface area contributed by atoms with Gasteiger partial charge in [0, 0.05) is 11.8 Å². The zero-order valence-electron chi connectivity index (χ0n) is 16.3. The highest BCUT2D eigenvalue weighted by atomic mass is 32.1. The van der Waals surface area contributed by atoms with Gasteiger partial charge in [-0.25, -0.2) is 4.79 Å². The molecule has 0 radical (unpaired) electrons. The molecule has 4 rings (SSSR count). The third-order valence-corrected chi connectivity index (χ3v) is 5.95. The molecule has 3 heterocycles. The van der Waals surface area contributed by atoms with Crippen LogP contribution in [0.4, 0.5) is 0 Å². The monoisotopic (exact) mass is 391 g/mol. The molecule has 1 aromatic carbocycles. The number of carbonyl (C=O) groups excluding carboxylic acids is 1. The molecule has 0 unspecified atom stereocenters. The van der Waals surface area contributed by atoms with Crippen molar-refractivity contribution in [2.75, 3.05) is 7.11 Å². The Labute approximate surface area is 167 Å². The van der Waals surface area contributed by atoms with Gasteiger partial charge in [0.1, 0.15) is 0 Å². The number of carbonyl (C=O) groups is 1. The lowest BCUT2D eigenvalue weighted by Crippen LogP contribution is -2.19. The Bertz CT molecular complexity index is 1260. The molecule has 0 atom stereocenters. The van der Waals surface area contributed by atoms with E-state index >= 15 is 0 Å². The second kappa shape index (κ2) is 6.60. The van der Waals surface area contributed by atoms with E-state index < -0.39 is 5.97 Å². The number of rotatable bonds is 2. The summed E-state index contributed by atoms with van der Waals surface area (Å²) in [4.78, 5) is 25.8. The second-order valence-electron chi connectivity index (χ2n) is 7.84. The van der Waals surface area contributed by atoms with Crippen LogP contribution in [-0.4, -0.2) is 17.5 Å². The predicted octanol–water partition coefficient (Wildman–Crippen LogP) is 5.27. The van der Waals surface area contributed by atoms with E-state index in [0.29, 0.717) is 16.6 Å². The molecule has 0 fully saturated rings. The smallest absolute Gasteiger partial charge is 0.340 e. The van der Waals surface area contributed by atoms with Crippen LogP contribution in [0.25, 0.3) is 26.7 Å². The van der Waals surface area contributed by atoms with Gasteiger partial charge in [0.2, 0.25) is 0 Å². The fraction of sp³-hybridized carbons (Fsp3) is 0.217. The summed E-state index contributed by atoms with van der Waals surface area (Å²) in [5.41, 5.74) is 3.31. The van der Waals surface area contributed by atoms with Crippen LogP contribution >= 0.6 is 11.3 Å². The van der Waals surface area contributed by atoms with Gasteiger partial charge in [0.05, 0.1) is 22.9 Å². The molecule has 0 bridgehead atoms. The van der Waals surface area contributed by atoms with E-state index in [0.717, 1.165) is 15.6 Å². The molecule has 0 aliphatic rings. The normalized spacial score (nSPS) is 11.9. The zero-order valence-corrected chi connectivity index (χ0v) is 17.1. The number of pyridine rings is 2. The molecule has 0 aliphatic carbocycles. The first-order valence-electron chi connectivity index (χ1n) is 9.06. The maximum absolute atomic E-state index is 13.3. The van der Waals surface area contributed by atoms with Crippen molar-refractivity contribution in [1.82, 2.24) is 4.40 Å². The molecule has 0 saturated heterocycles.